The second-order valence-electron chi connectivity index (χ2n) is 3.60. The maximum absolute atomic E-state index is 11.0. The number of hydrogen-bond donors (Lipinski definition) is 0. The summed E-state index contributed by atoms with van der Waals surface area (Å²) in [5.74, 6) is -1.89. The lowest BCUT2D eigenvalue weighted by Gasteiger charge is -2.31. The summed E-state index contributed by atoms with van der Waals surface area (Å²) in [4.78, 5) is 22.0. The third kappa shape index (κ3) is 5.40. The molecule has 4 nitrogen and oxygen atoms in total. The van der Waals surface area contributed by atoms with E-state index in [4.69, 9.17) is 9.47 Å². The lowest BCUT2D eigenvalue weighted by molar-refractivity contribution is -0.231. The summed E-state index contributed by atoms with van der Waals surface area (Å²) < 4.78 is 10.3. The molecule has 0 N–H and O–H groups in total. The highest BCUT2D eigenvalue weighted by Crippen LogP contribution is 2.26. The fourth-order valence-electron chi connectivity index (χ4n) is 1.64. The predicted octanol–water partition coefficient (Wildman–Crippen LogP) is 2.41. The van der Waals surface area contributed by atoms with Gasteiger partial charge in [-0.3, -0.25) is 9.59 Å². The average Bonchev–Trinajstić information content (AvgIpc) is 2.01. The summed E-state index contributed by atoms with van der Waals surface area (Å²) in [6, 6.07) is 0. The molecule has 4 heteroatoms. The molecule has 0 aliphatic rings. The van der Waals surface area contributed by atoms with Crippen molar-refractivity contribution in [3.8, 4) is 0 Å². The van der Waals surface area contributed by atoms with E-state index in [2.05, 4.69) is 0 Å². The monoisotopic (exact) mass is 216 g/mol. The molecule has 0 unspecified atom stereocenters. The minimum Gasteiger partial charge on any atom is -0.423 e. The van der Waals surface area contributed by atoms with Gasteiger partial charge in [0, 0.05) is 26.7 Å². The van der Waals surface area contributed by atoms with Crippen molar-refractivity contribution in [2.75, 3.05) is 0 Å². The summed E-state index contributed by atoms with van der Waals surface area (Å²) in [6.07, 6.45) is 2.67. The van der Waals surface area contributed by atoms with Gasteiger partial charge in [-0.2, -0.15) is 0 Å². The van der Waals surface area contributed by atoms with Gasteiger partial charge in [0.25, 0.3) is 5.79 Å². The van der Waals surface area contributed by atoms with E-state index in [1.54, 1.807) is 0 Å². The van der Waals surface area contributed by atoms with Crippen LogP contribution in [0.25, 0.3) is 0 Å². The molecule has 0 saturated carbocycles. The average molecular weight is 216 g/mol. The lowest BCUT2D eigenvalue weighted by atomic mass is 10.1. The highest BCUT2D eigenvalue weighted by atomic mass is 16.7. The Morgan fingerprint density at radius 1 is 0.933 bits per heavy atom. The fourth-order valence-corrected chi connectivity index (χ4v) is 1.64. The molecule has 0 aliphatic heterocycles. The van der Waals surface area contributed by atoms with Gasteiger partial charge in [-0.05, 0) is 12.8 Å². The van der Waals surface area contributed by atoms with Crippen LogP contribution in [-0.2, 0) is 19.1 Å². The van der Waals surface area contributed by atoms with Crippen LogP contribution >= 0.6 is 0 Å². The van der Waals surface area contributed by atoms with E-state index in [-0.39, 0.29) is 0 Å². The zero-order valence-electron chi connectivity index (χ0n) is 9.96. The van der Waals surface area contributed by atoms with Crippen LogP contribution in [0, 0.1) is 0 Å². The molecule has 0 atom stereocenters. The van der Waals surface area contributed by atoms with Gasteiger partial charge in [-0.15, -0.1) is 0 Å². The van der Waals surface area contributed by atoms with Crippen molar-refractivity contribution in [2.24, 2.45) is 0 Å². The summed E-state index contributed by atoms with van der Waals surface area (Å²) >= 11 is 0. The Balaban J connectivity index is 4.69. The zero-order valence-corrected chi connectivity index (χ0v) is 9.96. The van der Waals surface area contributed by atoms with Crippen LogP contribution in [-0.4, -0.2) is 17.7 Å². The minimum absolute atomic E-state index is 0.418. The van der Waals surface area contributed by atoms with Crippen LogP contribution in [0.3, 0.4) is 0 Å². The molecular weight excluding hydrogens is 196 g/mol. The van der Waals surface area contributed by atoms with Crippen LogP contribution in [0.1, 0.15) is 53.4 Å². The molecule has 15 heavy (non-hydrogen) atoms. The molecule has 0 aliphatic carbocycles. The number of ether oxygens (including phenoxy) is 2. The SMILES string of the molecule is CCCC(CCC)(OC(C)=O)OC(C)=O. The maximum Gasteiger partial charge on any atom is 0.305 e. The minimum atomic E-state index is -1.05. The molecule has 0 amide bonds. The van der Waals surface area contributed by atoms with E-state index in [1.807, 2.05) is 13.8 Å². The third-order valence-electron chi connectivity index (χ3n) is 1.92. The summed E-state index contributed by atoms with van der Waals surface area (Å²) in [7, 11) is 0. The molecule has 0 bridgehead atoms. The van der Waals surface area contributed by atoms with E-state index >= 15 is 0 Å². The van der Waals surface area contributed by atoms with Gasteiger partial charge in [0.1, 0.15) is 0 Å². The molecule has 0 heterocycles. The van der Waals surface area contributed by atoms with Crippen molar-refractivity contribution < 1.29 is 19.1 Å². The molecule has 0 aromatic rings. The Labute approximate surface area is 90.9 Å². The van der Waals surface area contributed by atoms with Crippen molar-refractivity contribution in [2.45, 2.75) is 59.2 Å². The summed E-state index contributed by atoms with van der Waals surface area (Å²) in [6.45, 7) is 6.56. The molecule has 88 valence electrons. The summed E-state index contributed by atoms with van der Waals surface area (Å²) in [5, 5.41) is 0. The van der Waals surface area contributed by atoms with Crippen molar-refractivity contribution in [3.05, 3.63) is 0 Å². The molecule has 0 radical (unpaired) electrons. The quantitative estimate of drug-likeness (QED) is 0.505. The third-order valence-corrected chi connectivity index (χ3v) is 1.92. The topological polar surface area (TPSA) is 52.6 Å². The van der Waals surface area contributed by atoms with E-state index in [1.165, 1.54) is 13.8 Å². The Kier molecular flexibility index (Phi) is 5.97. The Morgan fingerprint density at radius 2 is 1.27 bits per heavy atom. The van der Waals surface area contributed by atoms with Crippen molar-refractivity contribution in [1.82, 2.24) is 0 Å². The molecule has 0 saturated heterocycles. The smallest absolute Gasteiger partial charge is 0.305 e. The van der Waals surface area contributed by atoms with Crippen molar-refractivity contribution in [1.29, 1.82) is 0 Å². The Morgan fingerprint density at radius 3 is 1.47 bits per heavy atom. The zero-order chi connectivity index (χ0) is 11.9. The number of rotatable bonds is 6. The van der Waals surface area contributed by atoms with Gasteiger partial charge < -0.3 is 9.47 Å². The second-order valence-corrected chi connectivity index (χ2v) is 3.60. The van der Waals surface area contributed by atoms with Gasteiger partial charge in [0.2, 0.25) is 0 Å². The van der Waals surface area contributed by atoms with E-state index in [0.717, 1.165) is 12.8 Å². The first kappa shape index (κ1) is 13.9. The highest BCUT2D eigenvalue weighted by Gasteiger charge is 2.35. The van der Waals surface area contributed by atoms with Gasteiger partial charge in [0.15, 0.2) is 0 Å². The van der Waals surface area contributed by atoms with Crippen LogP contribution in [0.4, 0.5) is 0 Å². The highest BCUT2D eigenvalue weighted by molar-refractivity contribution is 5.68. The largest absolute Gasteiger partial charge is 0.423 e. The molecule has 0 spiro atoms. The normalized spacial score (nSPS) is 10.9. The molecule has 0 rings (SSSR count). The maximum atomic E-state index is 11.0. The number of carbonyl (C=O) groups excluding carboxylic acids is 2. The van der Waals surface area contributed by atoms with Crippen LogP contribution in [0.15, 0.2) is 0 Å². The molecular formula is C11H20O4. The van der Waals surface area contributed by atoms with Crippen LogP contribution in [0.2, 0.25) is 0 Å². The summed E-state index contributed by atoms with van der Waals surface area (Å²) in [5.41, 5.74) is 0. The first-order valence-corrected chi connectivity index (χ1v) is 5.35. The number of carbonyl (C=O) groups is 2. The van der Waals surface area contributed by atoms with E-state index in [0.29, 0.717) is 12.8 Å². The number of hydrogen-bond acceptors (Lipinski definition) is 4. The van der Waals surface area contributed by atoms with Gasteiger partial charge in [-0.25, -0.2) is 0 Å². The Hall–Kier alpha value is -1.06. The molecule has 0 fully saturated rings. The van der Waals surface area contributed by atoms with Crippen LogP contribution in [0.5, 0.6) is 0 Å². The molecule has 0 aromatic carbocycles. The predicted molar refractivity (Wildman–Crippen MR) is 56.1 cm³/mol. The van der Waals surface area contributed by atoms with Crippen molar-refractivity contribution in [3.63, 3.8) is 0 Å². The van der Waals surface area contributed by atoms with Gasteiger partial charge in [0.05, 0.1) is 0 Å². The van der Waals surface area contributed by atoms with Crippen LogP contribution < -0.4 is 0 Å². The standard InChI is InChI=1S/C11H20O4/c1-5-7-11(8-6-2,14-9(3)12)15-10(4)13/h5-8H2,1-4H3. The number of esters is 2. The van der Waals surface area contributed by atoms with E-state index in [9.17, 15) is 9.59 Å². The lowest BCUT2D eigenvalue weighted by Crippen LogP contribution is -2.39. The van der Waals surface area contributed by atoms with Crippen molar-refractivity contribution >= 4 is 11.9 Å². The molecule has 0 aromatic heterocycles. The van der Waals surface area contributed by atoms with Gasteiger partial charge >= 0.3 is 11.9 Å². The van der Waals surface area contributed by atoms with E-state index < -0.39 is 17.7 Å². The fraction of sp³-hybridized carbons (Fsp3) is 0.818. The Bertz CT molecular complexity index is 199. The first-order chi connectivity index (χ1) is 6.95. The first-order valence-electron chi connectivity index (χ1n) is 5.35. The van der Waals surface area contributed by atoms with Gasteiger partial charge in [-0.1, -0.05) is 13.8 Å². The second kappa shape index (κ2) is 6.43.